The van der Waals surface area contributed by atoms with Gasteiger partial charge in [0.1, 0.15) is 18.1 Å². The lowest BCUT2D eigenvalue weighted by Gasteiger charge is -2.24. The summed E-state index contributed by atoms with van der Waals surface area (Å²) >= 11 is 0. The van der Waals surface area contributed by atoms with Crippen LogP contribution in [-0.2, 0) is 21.4 Å². The van der Waals surface area contributed by atoms with Gasteiger partial charge in [0, 0.05) is 6.54 Å². The molecule has 0 aliphatic rings. The molecule has 0 radical (unpaired) electrons. The molecule has 0 spiro atoms. The maximum absolute atomic E-state index is 13.3. The summed E-state index contributed by atoms with van der Waals surface area (Å²) < 4.78 is 46.2. The molecule has 8 heteroatoms. The fourth-order valence-electron chi connectivity index (χ4n) is 2.91. The van der Waals surface area contributed by atoms with E-state index in [1.54, 1.807) is 24.3 Å². The molecular formula is C23H23FN2O4S. The van der Waals surface area contributed by atoms with E-state index in [2.05, 4.69) is 5.32 Å². The average Bonchev–Trinajstić information content (AvgIpc) is 2.78. The highest BCUT2D eigenvalue weighted by Gasteiger charge is 2.27. The summed E-state index contributed by atoms with van der Waals surface area (Å²) in [6, 6.07) is 20.2. The van der Waals surface area contributed by atoms with Gasteiger partial charge in [0.15, 0.2) is 0 Å². The van der Waals surface area contributed by atoms with Crippen molar-refractivity contribution in [3.05, 3.63) is 90.2 Å². The van der Waals surface area contributed by atoms with E-state index >= 15 is 0 Å². The first kappa shape index (κ1) is 22.3. The number of hydrogen-bond donors (Lipinski definition) is 1. The van der Waals surface area contributed by atoms with Crippen molar-refractivity contribution in [2.75, 3.05) is 17.5 Å². The zero-order valence-corrected chi connectivity index (χ0v) is 17.8. The van der Waals surface area contributed by atoms with Crippen LogP contribution < -0.4 is 14.4 Å². The number of amides is 1. The molecule has 31 heavy (non-hydrogen) atoms. The van der Waals surface area contributed by atoms with Crippen LogP contribution in [0.1, 0.15) is 12.5 Å². The zero-order valence-electron chi connectivity index (χ0n) is 17.0. The van der Waals surface area contributed by atoms with Crippen molar-refractivity contribution in [3.63, 3.8) is 0 Å². The second-order valence-electron chi connectivity index (χ2n) is 6.65. The number of rotatable bonds is 9. The standard InChI is InChI=1S/C23H23FN2O4S/c1-2-30-21-12-10-20(11-13-21)26(31(28,29)22-14-8-19(24)9-15-22)17-23(27)25-16-18-6-4-3-5-7-18/h3-15H,2,16-17H2,1H3,(H,25,27). The minimum absolute atomic E-state index is 0.112. The maximum Gasteiger partial charge on any atom is 0.264 e. The Labute approximate surface area is 181 Å². The van der Waals surface area contributed by atoms with Crippen molar-refractivity contribution in [1.82, 2.24) is 5.32 Å². The molecule has 0 aromatic heterocycles. The van der Waals surface area contributed by atoms with Gasteiger partial charge < -0.3 is 10.1 Å². The van der Waals surface area contributed by atoms with Gasteiger partial charge in [-0.05, 0) is 61.0 Å². The molecule has 0 unspecified atom stereocenters. The van der Waals surface area contributed by atoms with Crippen LogP contribution in [-0.4, -0.2) is 27.5 Å². The average molecular weight is 443 g/mol. The molecule has 1 N–H and O–H groups in total. The number of nitrogens with zero attached hydrogens (tertiary/aromatic N) is 1. The number of carbonyl (C=O) groups is 1. The van der Waals surface area contributed by atoms with Gasteiger partial charge in [-0.1, -0.05) is 30.3 Å². The smallest absolute Gasteiger partial charge is 0.264 e. The first-order valence-corrected chi connectivity index (χ1v) is 11.2. The third kappa shape index (κ3) is 5.82. The molecule has 3 aromatic rings. The van der Waals surface area contributed by atoms with Gasteiger partial charge in [-0.2, -0.15) is 0 Å². The molecule has 1 amide bonds. The highest BCUT2D eigenvalue weighted by molar-refractivity contribution is 7.92. The van der Waals surface area contributed by atoms with Crippen molar-refractivity contribution < 1.29 is 22.3 Å². The van der Waals surface area contributed by atoms with Gasteiger partial charge in [0.05, 0.1) is 17.2 Å². The van der Waals surface area contributed by atoms with E-state index in [1.165, 1.54) is 12.1 Å². The molecule has 0 saturated carbocycles. The van der Waals surface area contributed by atoms with Gasteiger partial charge >= 0.3 is 0 Å². The fourth-order valence-corrected chi connectivity index (χ4v) is 4.33. The third-order valence-corrected chi connectivity index (χ3v) is 6.25. The molecule has 3 aromatic carbocycles. The van der Waals surface area contributed by atoms with Gasteiger partial charge in [-0.3, -0.25) is 9.10 Å². The topological polar surface area (TPSA) is 75.7 Å². The highest BCUT2D eigenvalue weighted by Crippen LogP contribution is 2.26. The molecule has 0 bridgehead atoms. The first-order chi connectivity index (χ1) is 14.9. The SMILES string of the molecule is CCOc1ccc(N(CC(=O)NCc2ccccc2)S(=O)(=O)c2ccc(F)cc2)cc1. The van der Waals surface area contributed by atoms with Gasteiger partial charge in [0.2, 0.25) is 5.91 Å². The van der Waals surface area contributed by atoms with Gasteiger partial charge in [-0.25, -0.2) is 12.8 Å². The second kappa shape index (κ2) is 10.1. The van der Waals surface area contributed by atoms with E-state index < -0.39 is 28.3 Å². The minimum atomic E-state index is -4.11. The monoisotopic (exact) mass is 442 g/mol. The van der Waals surface area contributed by atoms with E-state index in [9.17, 15) is 17.6 Å². The lowest BCUT2D eigenvalue weighted by Crippen LogP contribution is -2.40. The van der Waals surface area contributed by atoms with Crippen LogP contribution in [0.4, 0.5) is 10.1 Å². The Morgan fingerprint density at radius 3 is 2.23 bits per heavy atom. The normalized spacial score (nSPS) is 11.0. The molecule has 0 aliphatic heterocycles. The van der Waals surface area contributed by atoms with Crippen LogP contribution in [0.25, 0.3) is 0 Å². The third-order valence-electron chi connectivity index (χ3n) is 4.46. The Kier molecular flexibility index (Phi) is 7.25. The number of hydrogen-bond acceptors (Lipinski definition) is 4. The van der Waals surface area contributed by atoms with Crippen molar-refractivity contribution >= 4 is 21.6 Å². The Morgan fingerprint density at radius 2 is 1.61 bits per heavy atom. The molecule has 0 saturated heterocycles. The van der Waals surface area contributed by atoms with Crippen LogP contribution in [0.15, 0.2) is 83.8 Å². The molecule has 162 valence electrons. The lowest BCUT2D eigenvalue weighted by atomic mass is 10.2. The predicted octanol–water partition coefficient (Wildman–Crippen LogP) is 3.74. The van der Waals surface area contributed by atoms with Crippen molar-refractivity contribution in [2.45, 2.75) is 18.4 Å². The van der Waals surface area contributed by atoms with Gasteiger partial charge in [0.25, 0.3) is 10.0 Å². The predicted molar refractivity (Wildman–Crippen MR) is 117 cm³/mol. The Hall–Kier alpha value is -3.39. The Balaban J connectivity index is 1.86. The molecule has 3 rings (SSSR count). The van der Waals surface area contributed by atoms with E-state index in [0.29, 0.717) is 18.0 Å². The van der Waals surface area contributed by atoms with Crippen molar-refractivity contribution in [1.29, 1.82) is 0 Å². The van der Waals surface area contributed by atoms with Gasteiger partial charge in [-0.15, -0.1) is 0 Å². The second-order valence-corrected chi connectivity index (χ2v) is 8.52. The fraction of sp³-hybridized carbons (Fsp3) is 0.174. The molecule has 0 atom stereocenters. The van der Waals surface area contributed by atoms with Crippen LogP contribution in [0.3, 0.4) is 0 Å². The first-order valence-electron chi connectivity index (χ1n) is 9.72. The molecule has 0 aliphatic carbocycles. The summed E-state index contributed by atoms with van der Waals surface area (Å²) in [4.78, 5) is 12.5. The summed E-state index contributed by atoms with van der Waals surface area (Å²) in [6.07, 6.45) is 0. The minimum Gasteiger partial charge on any atom is -0.494 e. The largest absolute Gasteiger partial charge is 0.494 e. The van der Waals surface area contributed by atoms with E-state index in [1.807, 2.05) is 37.3 Å². The summed E-state index contributed by atoms with van der Waals surface area (Å²) in [5.41, 5.74) is 1.19. The molecular weight excluding hydrogens is 419 g/mol. The van der Waals surface area contributed by atoms with Crippen molar-refractivity contribution in [2.24, 2.45) is 0 Å². The zero-order chi connectivity index (χ0) is 22.3. The number of sulfonamides is 1. The van der Waals surface area contributed by atoms with E-state index in [0.717, 1.165) is 22.0 Å². The number of benzene rings is 3. The Morgan fingerprint density at radius 1 is 0.968 bits per heavy atom. The van der Waals surface area contributed by atoms with Crippen LogP contribution in [0.5, 0.6) is 5.75 Å². The summed E-state index contributed by atoms with van der Waals surface area (Å²) in [6.45, 7) is 2.16. The number of ether oxygens (including phenoxy) is 1. The summed E-state index contributed by atoms with van der Waals surface area (Å²) in [5, 5.41) is 2.73. The number of halogens is 1. The maximum atomic E-state index is 13.3. The van der Waals surface area contributed by atoms with Crippen LogP contribution in [0.2, 0.25) is 0 Å². The van der Waals surface area contributed by atoms with E-state index in [-0.39, 0.29) is 11.4 Å². The number of carbonyl (C=O) groups excluding carboxylic acids is 1. The molecule has 0 fully saturated rings. The Bertz CT molecular complexity index is 1100. The number of nitrogens with one attached hydrogen (secondary N) is 1. The van der Waals surface area contributed by atoms with Crippen LogP contribution in [0, 0.1) is 5.82 Å². The summed E-state index contributed by atoms with van der Waals surface area (Å²) in [7, 11) is -4.11. The van der Waals surface area contributed by atoms with Crippen molar-refractivity contribution in [3.8, 4) is 5.75 Å². The summed E-state index contributed by atoms with van der Waals surface area (Å²) in [5.74, 6) is -0.436. The van der Waals surface area contributed by atoms with E-state index in [4.69, 9.17) is 4.74 Å². The molecule has 6 nitrogen and oxygen atoms in total. The quantitative estimate of drug-likeness (QED) is 0.548. The highest BCUT2D eigenvalue weighted by atomic mass is 32.2. The number of anilines is 1. The molecule has 0 heterocycles. The van der Waals surface area contributed by atoms with Crippen LogP contribution >= 0.6 is 0 Å². The lowest BCUT2D eigenvalue weighted by molar-refractivity contribution is -0.119.